The number of nitrogens with zero attached hydrogens (tertiary/aromatic N) is 2. The Morgan fingerprint density at radius 2 is 1.62 bits per heavy atom. The van der Waals surface area contributed by atoms with E-state index in [4.69, 9.17) is 4.74 Å². The lowest BCUT2D eigenvalue weighted by atomic mass is 10.0. The number of methoxy groups -OCH3 is 1. The van der Waals surface area contributed by atoms with Gasteiger partial charge in [0.2, 0.25) is 0 Å². The predicted octanol–water partition coefficient (Wildman–Crippen LogP) is 4.18. The lowest BCUT2D eigenvalue weighted by Gasteiger charge is -2.23. The highest BCUT2D eigenvalue weighted by Crippen LogP contribution is 2.41. The highest BCUT2D eigenvalue weighted by atomic mass is 32.2. The zero-order chi connectivity index (χ0) is 20.6. The molecule has 0 aliphatic carbocycles. The predicted molar refractivity (Wildman–Crippen MR) is 117 cm³/mol. The van der Waals surface area contributed by atoms with Crippen molar-refractivity contribution in [3.05, 3.63) is 72.3 Å². The van der Waals surface area contributed by atoms with E-state index in [1.165, 1.54) is 0 Å². The Morgan fingerprint density at radius 3 is 2.24 bits per heavy atom. The minimum atomic E-state index is -3.66. The Kier molecular flexibility index (Phi) is 4.96. The van der Waals surface area contributed by atoms with Crippen LogP contribution in [0.5, 0.6) is 5.75 Å². The molecule has 0 radical (unpaired) electrons. The maximum atomic E-state index is 13.4. The van der Waals surface area contributed by atoms with Crippen molar-refractivity contribution < 1.29 is 13.2 Å². The van der Waals surface area contributed by atoms with Crippen LogP contribution in [-0.2, 0) is 16.4 Å². The molecule has 4 rings (SSSR count). The third-order valence-corrected chi connectivity index (χ3v) is 7.11. The Hall–Kier alpha value is -2.99. The summed E-state index contributed by atoms with van der Waals surface area (Å²) in [4.78, 5) is 2.31. The molecule has 0 saturated heterocycles. The fraction of sp³-hybridized carbons (Fsp3) is 0.217. The van der Waals surface area contributed by atoms with Crippen molar-refractivity contribution >= 4 is 21.4 Å². The number of rotatable bonds is 5. The number of fused-ring (bicyclic) bond motifs is 1. The van der Waals surface area contributed by atoms with Gasteiger partial charge in [-0.25, -0.2) is 8.42 Å². The second kappa shape index (κ2) is 7.44. The molecule has 0 N–H and O–H groups in total. The molecule has 0 spiro atoms. The zero-order valence-corrected chi connectivity index (χ0v) is 17.6. The summed E-state index contributed by atoms with van der Waals surface area (Å²) in [6.07, 6.45) is 0.703. The molecule has 0 unspecified atom stereocenters. The Morgan fingerprint density at radius 1 is 0.931 bits per heavy atom. The molecule has 0 amide bonds. The van der Waals surface area contributed by atoms with Crippen LogP contribution in [0.25, 0.3) is 11.1 Å². The van der Waals surface area contributed by atoms with E-state index in [1.54, 1.807) is 35.7 Å². The standard InChI is InChI=1S/C23H24N2O3S/c1-24(2)19-9-7-17(8-10-19)22-6-4-5-18-15-16-25(23(18)22)29(26,27)21-13-11-20(28-3)12-14-21/h4-14H,15-16H2,1-3H3. The molecule has 1 heterocycles. The van der Waals surface area contributed by atoms with Gasteiger partial charge >= 0.3 is 0 Å². The van der Waals surface area contributed by atoms with E-state index >= 15 is 0 Å². The van der Waals surface area contributed by atoms with Gasteiger partial charge in [-0.05, 0) is 53.9 Å². The van der Waals surface area contributed by atoms with Gasteiger partial charge in [0.25, 0.3) is 10.0 Å². The Bertz CT molecular complexity index is 1120. The minimum absolute atomic E-state index is 0.268. The lowest BCUT2D eigenvalue weighted by Crippen LogP contribution is -2.29. The van der Waals surface area contributed by atoms with Gasteiger partial charge in [-0.3, -0.25) is 4.31 Å². The van der Waals surface area contributed by atoms with Crippen molar-refractivity contribution in [3.8, 4) is 16.9 Å². The normalized spacial score (nSPS) is 13.3. The number of ether oxygens (including phenoxy) is 1. The molecule has 3 aromatic carbocycles. The van der Waals surface area contributed by atoms with Crippen molar-refractivity contribution in [3.63, 3.8) is 0 Å². The number of hydrogen-bond acceptors (Lipinski definition) is 4. The molecule has 1 aliphatic heterocycles. The summed E-state index contributed by atoms with van der Waals surface area (Å²) in [5.74, 6) is 0.632. The van der Waals surface area contributed by atoms with Crippen molar-refractivity contribution in [2.24, 2.45) is 0 Å². The van der Waals surface area contributed by atoms with E-state index in [-0.39, 0.29) is 4.90 Å². The van der Waals surface area contributed by atoms with Gasteiger partial charge in [0.05, 0.1) is 17.7 Å². The van der Waals surface area contributed by atoms with Gasteiger partial charge in [0.1, 0.15) is 5.75 Å². The number of benzene rings is 3. The van der Waals surface area contributed by atoms with Crippen molar-refractivity contribution in [2.75, 3.05) is 37.0 Å². The quantitative estimate of drug-likeness (QED) is 0.636. The molecule has 1 aliphatic rings. The summed E-state index contributed by atoms with van der Waals surface area (Å²) in [7, 11) is 1.90. The number of para-hydroxylation sites is 1. The highest BCUT2D eigenvalue weighted by molar-refractivity contribution is 7.92. The summed E-state index contributed by atoms with van der Waals surface area (Å²) < 4.78 is 33.5. The van der Waals surface area contributed by atoms with E-state index in [0.29, 0.717) is 18.7 Å². The van der Waals surface area contributed by atoms with E-state index in [1.807, 2.05) is 61.5 Å². The minimum Gasteiger partial charge on any atom is -0.497 e. The van der Waals surface area contributed by atoms with Gasteiger partial charge in [-0.2, -0.15) is 0 Å². The van der Waals surface area contributed by atoms with Gasteiger partial charge in [-0.15, -0.1) is 0 Å². The molecule has 0 atom stereocenters. The van der Waals surface area contributed by atoms with Crippen molar-refractivity contribution in [1.29, 1.82) is 0 Å². The van der Waals surface area contributed by atoms with Crippen LogP contribution in [0.15, 0.2) is 71.6 Å². The molecule has 5 nitrogen and oxygen atoms in total. The van der Waals surface area contributed by atoms with Crippen LogP contribution in [0.3, 0.4) is 0 Å². The third kappa shape index (κ3) is 3.44. The first-order valence-electron chi connectivity index (χ1n) is 9.48. The maximum Gasteiger partial charge on any atom is 0.264 e. The molecule has 150 valence electrons. The van der Waals surface area contributed by atoms with E-state index < -0.39 is 10.0 Å². The molecule has 0 saturated carbocycles. The number of anilines is 2. The van der Waals surface area contributed by atoms with E-state index in [9.17, 15) is 8.42 Å². The summed E-state index contributed by atoms with van der Waals surface area (Å²) >= 11 is 0. The van der Waals surface area contributed by atoms with Crippen molar-refractivity contribution in [2.45, 2.75) is 11.3 Å². The second-order valence-electron chi connectivity index (χ2n) is 7.26. The molecule has 6 heteroatoms. The van der Waals surface area contributed by atoms with Crippen molar-refractivity contribution in [1.82, 2.24) is 0 Å². The largest absolute Gasteiger partial charge is 0.497 e. The number of sulfonamides is 1. The topological polar surface area (TPSA) is 49.9 Å². The molecule has 3 aromatic rings. The summed E-state index contributed by atoms with van der Waals surface area (Å²) in [6.45, 7) is 0.441. The fourth-order valence-corrected chi connectivity index (χ4v) is 5.23. The average molecular weight is 409 g/mol. The van der Waals surface area contributed by atoms with Crippen LogP contribution in [-0.4, -0.2) is 36.2 Å². The van der Waals surface area contributed by atoms with Gasteiger partial charge < -0.3 is 9.64 Å². The molecule has 0 aromatic heterocycles. The number of hydrogen-bond donors (Lipinski definition) is 0. The maximum absolute atomic E-state index is 13.4. The molecular weight excluding hydrogens is 384 g/mol. The molecule has 29 heavy (non-hydrogen) atoms. The van der Waals surface area contributed by atoms with Gasteiger partial charge in [0, 0.05) is 31.9 Å². The lowest BCUT2D eigenvalue weighted by molar-refractivity contribution is 0.414. The summed E-state index contributed by atoms with van der Waals surface area (Å²) in [5.41, 5.74) is 4.87. The second-order valence-corrected chi connectivity index (χ2v) is 9.12. The highest BCUT2D eigenvalue weighted by Gasteiger charge is 2.33. The Labute approximate surface area is 172 Å². The van der Waals surface area contributed by atoms with Gasteiger partial charge in [0.15, 0.2) is 0 Å². The fourth-order valence-electron chi connectivity index (χ4n) is 3.71. The Balaban J connectivity index is 1.78. The molecule has 0 bridgehead atoms. The molecular formula is C23H24N2O3S. The first kappa shape index (κ1) is 19.3. The summed E-state index contributed by atoms with van der Waals surface area (Å²) in [5, 5.41) is 0. The third-order valence-electron chi connectivity index (χ3n) is 5.30. The first-order valence-corrected chi connectivity index (χ1v) is 10.9. The van der Waals surface area contributed by atoms with Crippen LogP contribution >= 0.6 is 0 Å². The van der Waals surface area contributed by atoms with Gasteiger partial charge in [-0.1, -0.05) is 30.3 Å². The first-order chi connectivity index (χ1) is 13.9. The average Bonchev–Trinajstić information content (AvgIpc) is 3.19. The smallest absolute Gasteiger partial charge is 0.264 e. The van der Waals surface area contributed by atoms with Crippen LogP contribution in [0.1, 0.15) is 5.56 Å². The van der Waals surface area contributed by atoms with Crippen LogP contribution in [0.4, 0.5) is 11.4 Å². The van der Waals surface area contributed by atoms with Crippen LogP contribution in [0, 0.1) is 0 Å². The summed E-state index contributed by atoms with van der Waals surface area (Å²) in [6, 6.07) is 20.7. The van der Waals surface area contributed by atoms with Crippen LogP contribution in [0.2, 0.25) is 0 Å². The zero-order valence-electron chi connectivity index (χ0n) is 16.8. The SMILES string of the molecule is COc1ccc(S(=O)(=O)N2CCc3cccc(-c4ccc(N(C)C)cc4)c32)cc1. The monoisotopic (exact) mass is 408 g/mol. The van der Waals surface area contributed by atoms with Crippen LogP contribution < -0.4 is 13.9 Å². The van der Waals surface area contributed by atoms with E-state index in [2.05, 4.69) is 0 Å². The molecule has 0 fully saturated rings. The van der Waals surface area contributed by atoms with E-state index in [0.717, 1.165) is 28.1 Å².